The summed E-state index contributed by atoms with van der Waals surface area (Å²) in [5.74, 6) is -0.160. The van der Waals surface area contributed by atoms with Crippen molar-refractivity contribution >= 4 is 0 Å². The minimum absolute atomic E-state index is 0.160. The minimum Gasteiger partial charge on any atom is -0.371 e. The summed E-state index contributed by atoms with van der Waals surface area (Å²) in [7, 11) is 0. The monoisotopic (exact) mass is 243 g/mol. The highest BCUT2D eigenvalue weighted by molar-refractivity contribution is 5.32. The van der Waals surface area contributed by atoms with Crippen molar-refractivity contribution in [3.63, 3.8) is 0 Å². The van der Waals surface area contributed by atoms with E-state index in [1.807, 2.05) is 6.07 Å². The molecule has 1 aromatic rings. The zero-order chi connectivity index (χ0) is 12.5. The van der Waals surface area contributed by atoms with Crippen LogP contribution in [0.25, 0.3) is 0 Å². The van der Waals surface area contributed by atoms with Crippen LogP contribution in [-0.4, -0.2) is 17.6 Å². The molecule has 0 spiro atoms. The molecular weight excluding hydrogens is 229 g/mol. The van der Waals surface area contributed by atoms with E-state index in [9.17, 15) is 4.39 Å². The van der Waals surface area contributed by atoms with Gasteiger partial charge in [-0.1, -0.05) is 6.07 Å². The number of hydrogen-bond donors (Lipinski definition) is 1. The van der Waals surface area contributed by atoms with Gasteiger partial charge in [0.2, 0.25) is 0 Å². The second-order valence-corrected chi connectivity index (χ2v) is 4.78. The molecule has 0 saturated heterocycles. The molecule has 92 valence electrons. The molecular formula is C14H14FN3. The van der Waals surface area contributed by atoms with Crippen LogP contribution in [0.3, 0.4) is 0 Å². The Balaban J connectivity index is 1.81. The molecule has 1 atom stereocenters. The third-order valence-corrected chi connectivity index (χ3v) is 3.74. The van der Waals surface area contributed by atoms with E-state index in [2.05, 4.69) is 16.3 Å². The van der Waals surface area contributed by atoms with E-state index in [1.165, 1.54) is 11.6 Å². The van der Waals surface area contributed by atoms with Gasteiger partial charge in [-0.3, -0.25) is 0 Å². The summed E-state index contributed by atoms with van der Waals surface area (Å²) in [4.78, 5) is 2.10. The van der Waals surface area contributed by atoms with Crippen molar-refractivity contribution in [2.75, 3.05) is 6.67 Å². The minimum atomic E-state index is -0.160. The maximum Gasteiger partial charge on any atom is 0.133 e. The summed E-state index contributed by atoms with van der Waals surface area (Å²) in [6.45, 7) is 0.699. The summed E-state index contributed by atoms with van der Waals surface area (Å²) in [6, 6.07) is 7.57. The fourth-order valence-corrected chi connectivity index (χ4v) is 2.80. The van der Waals surface area contributed by atoms with Gasteiger partial charge in [-0.2, -0.15) is 5.26 Å². The number of fused-ring (bicyclic) bond motifs is 1. The van der Waals surface area contributed by atoms with Gasteiger partial charge in [-0.25, -0.2) is 4.39 Å². The van der Waals surface area contributed by atoms with Gasteiger partial charge in [0, 0.05) is 12.2 Å². The van der Waals surface area contributed by atoms with Gasteiger partial charge in [0.25, 0.3) is 0 Å². The van der Waals surface area contributed by atoms with Crippen LogP contribution in [-0.2, 0) is 12.8 Å². The third-order valence-electron chi connectivity index (χ3n) is 3.74. The highest BCUT2D eigenvalue weighted by Gasteiger charge is 2.27. The fraction of sp³-hybridized carbons (Fsp3) is 0.357. The van der Waals surface area contributed by atoms with Crippen molar-refractivity contribution in [1.29, 1.82) is 5.26 Å². The number of hydrogen-bond acceptors (Lipinski definition) is 3. The van der Waals surface area contributed by atoms with Gasteiger partial charge in [0.1, 0.15) is 17.6 Å². The predicted octanol–water partition coefficient (Wildman–Crippen LogP) is 1.91. The van der Waals surface area contributed by atoms with Crippen LogP contribution < -0.4 is 5.32 Å². The molecule has 1 aliphatic carbocycles. The van der Waals surface area contributed by atoms with E-state index in [4.69, 9.17) is 5.26 Å². The van der Waals surface area contributed by atoms with E-state index in [-0.39, 0.29) is 5.82 Å². The Labute approximate surface area is 106 Å². The van der Waals surface area contributed by atoms with Gasteiger partial charge in [0.05, 0.1) is 6.67 Å². The molecule has 0 aromatic heterocycles. The van der Waals surface area contributed by atoms with Crippen LogP contribution in [0.5, 0.6) is 0 Å². The van der Waals surface area contributed by atoms with Crippen LogP contribution in [0.1, 0.15) is 17.5 Å². The largest absolute Gasteiger partial charge is 0.371 e. The lowest BCUT2D eigenvalue weighted by atomic mass is 9.87. The zero-order valence-electron chi connectivity index (χ0n) is 9.99. The molecule has 3 rings (SSSR count). The first kappa shape index (κ1) is 11.1. The van der Waals surface area contributed by atoms with Crippen LogP contribution in [0, 0.1) is 17.1 Å². The Morgan fingerprint density at radius 2 is 2.28 bits per heavy atom. The molecule has 18 heavy (non-hydrogen) atoms. The maximum atomic E-state index is 13.1. The summed E-state index contributed by atoms with van der Waals surface area (Å²) >= 11 is 0. The number of nitrogens with zero attached hydrogens (tertiary/aromatic N) is 2. The predicted molar refractivity (Wildman–Crippen MR) is 65.8 cm³/mol. The lowest BCUT2D eigenvalue weighted by Gasteiger charge is -2.33. The van der Waals surface area contributed by atoms with Gasteiger partial charge in [-0.05, 0) is 42.5 Å². The van der Waals surface area contributed by atoms with E-state index >= 15 is 0 Å². The van der Waals surface area contributed by atoms with Gasteiger partial charge in [-0.15, -0.1) is 0 Å². The highest BCUT2D eigenvalue weighted by atomic mass is 19.1. The van der Waals surface area contributed by atoms with Gasteiger partial charge < -0.3 is 10.2 Å². The van der Waals surface area contributed by atoms with Gasteiger partial charge in [0.15, 0.2) is 0 Å². The Morgan fingerprint density at radius 3 is 3.11 bits per heavy atom. The lowest BCUT2D eigenvalue weighted by molar-refractivity contribution is 0.250. The molecule has 1 aromatic carbocycles. The number of rotatable bonds is 1. The average Bonchev–Trinajstić information content (AvgIpc) is 2.86. The first-order valence-corrected chi connectivity index (χ1v) is 6.15. The van der Waals surface area contributed by atoms with Crippen molar-refractivity contribution in [3.8, 4) is 6.07 Å². The summed E-state index contributed by atoms with van der Waals surface area (Å²) in [5, 5.41) is 12.1. The molecule has 0 bridgehead atoms. The number of halogens is 1. The molecule has 0 amide bonds. The third kappa shape index (κ3) is 1.82. The van der Waals surface area contributed by atoms with E-state index < -0.39 is 0 Å². The number of allylic oxidation sites excluding steroid dienone is 1. The molecule has 2 aliphatic rings. The van der Waals surface area contributed by atoms with Crippen molar-refractivity contribution in [2.24, 2.45) is 0 Å². The second kappa shape index (κ2) is 4.34. The molecule has 0 saturated carbocycles. The second-order valence-electron chi connectivity index (χ2n) is 4.78. The van der Waals surface area contributed by atoms with Crippen molar-refractivity contribution in [2.45, 2.75) is 25.3 Å². The highest BCUT2D eigenvalue weighted by Crippen LogP contribution is 2.27. The fourth-order valence-electron chi connectivity index (χ4n) is 2.80. The lowest BCUT2D eigenvalue weighted by Crippen LogP contribution is -2.38. The molecule has 1 heterocycles. The molecule has 0 radical (unpaired) electrons. The SMILES string of the molecule is N#CC1=CNCN1[C@H]1CCc2cc(F)ccc2C1. The van der Waals surface area contributed by atoms with E-state index in [1.54, 1.807) is 12.3 Å². The van der Waals surface area contributed by atoms with Crippen molar-refractivity contribution < 1.29 is 4.39 Å². The van der Waals surface area contributed by atoms with E-state index in [0.717, 1.165) is 24.8 Å². The summed E-state index contributed by atoms with van der Waals surface area (Å²) in [6.07, 6.45) is 4.50. The quantitative estimate of drug-likeness (QED) is 0.819. The Hall–Kier alpha value is -2.02. The van der Waals surface area contributed by atoms with Crippen molar-refractivity contribution in [3.05, 3.63) is 47.0 Å². The Bertz CT molecular complexity index is 544. The number of nitrogens with one attached hydrogen (secondary N) is 1. The number of aryl methyl sites for hydroxylation is 1. The number of nitriles is 1. The molecule has 3 nitrogen and oxygen atoms in total. The first-order chi connectivity index (χ1) is 8.78. The molecule has 1 aliphatic heterocycles. The van der Waals surface area contributed by atoms with Crippen LogP contribution in [0.15, 0.2) is 30.1 Å². The molecule has 1 N–H and O–H groups in total. The Kier molecular flexibility index (Phi) is 2.67. The topological polar surface area (TPSA) is 39.1 Å². The van der Waals surface area contributed by atoms with Crippen molar-refractivity contribution in [1.82, 2.24) is 10.2 Å². The Morgan fingerprint density at radius 1 is 1.39 bits per heavy atom. The maximum absolute atomic E-state index is 13.1. The van der Waals surface area contributed by atoms with Crippen LogP contribution >= 0.6 is 0 Å². The van der Waals surface area contributed by atoms with Crippen LogP contribution in [0.2, 0.25) is 0 Å². The standard InChI is InChI=1S/C14H14FN3/c15-12-3-1-11-6-13(4-2-10(11)5-12)18-9-17-8-14(18)7-16/h1,3,5,8,13,17H,2,4,6,9H2/t13-/m0/s1. The van der Waals surface area contributed by atoms with Crippen LogP contribution in [0.4, 0.5) is 4.39 Å². The summed E-state index contributed by atoms with van der Waals surface area (Å²) in [5.41, 5.74) is 3.02. The smallest absolute Gasteiger partial charge is 0.133 e. The molecule has 4 heteroatoms. The summed E-state index contributed by atoms with van der Waals surface area (Å²) < 4.78 is 13.1. The number of benzene rings is 1. The zero-order valence-corrected chi connectivity index (χ0v) is 9.99. The molecule has 0 fully saturated rings. The normalized spacial score (nSPS) is 21.9. The molecule has 0 unspecified atom stereocenters. The van der Waals surface area contributed by atoms with E-state index in [0.29, 0.717) is 18.4 Å². The first-order valence-electron chi connectivity index (χ1n) is 6.15. The van der Waals surface area contributed by atoms with Gasteiger partial charge >= 0.3 is 0 Å². The average molecular weight is 243 g/mol.